The molecule has 24 heavy (non-hydrogen) atoms. The number of ether oxygens (including phenoxy) is 1. The highest BCUT2D eigenvalue weighted by molar-refractivity contribution is 5.77. The highest BCUT2D eigenvalue weighted by Crippen LogP contribution is 2.16. The average molecular weight is 327 g/mol. The molecule has 1 amide bonds. The summed E-state index contributed by atoms with van der Waals surface area (Å²) in [5, 5.41) is 2.79. The molecule has 124 valence electrons. The van der Waals surface area contributed by atoms with Gasteiger partial charge in [0.05, 0.1) is 11.0 Å². The predicted molar refractivity (Wildman–Crippen MR) is 89.3 cm³/mol. The van der Waals surface area contributed by atoms with E-state index in [1.54, 1.807) is 18.2 Å². The first-order valence-electron chi connectivity index (χ1n) is 7.69. The number of nitrogens with one attached hydrogen (secondary N) is 1. The summed E-state index contributed by atoms with van der Waals surface area (Å²) in [7, 11) is 1.88. The van der Waals surface area contributed by atoms with Crippen molar-refractivity contribution in [2.75, 3.05) is 13.2 Å². The minimum atomic E-state index is -0.307. The smallest absolute Gasteiger partial charge is 0.257 e. The Morgan fingerprint density at radius 2 is 2.04 bits per heavy atom. The summed E-state index contributed by atoms with van der Waals surface area (Å²) < 4.78 is 20.5. The lowest BCUT2D eigenvalue weighted by atomic mass is 10.3. The van der Waals surface area contributed by atoms with E-state index in [2.05, 4.69) is 10.3 Å². The Balaban J connectivity index is 1.51. The van der Waals surface area contributed by atoms with Crippen molar-refractivity contribution in [2.45, 2.75) is 6.42 Å². The molecule has 1 heterocycles. The number of para-hydroxylation sites is 1. The molecule has 0 unspecified atom stereocenters. The molecule has 1 N–H and O–H groups in total. The van der Waals surface area contributed by atoms with E-state index < -0.39 is 0 Å². The predicted octanol–water partition coefficient (Wildman–Crippen LogP) is 2.45. The van der Waals surface area contributed by atoms with Crippen molar-refractivity contribution in [1.82, 2.24) is 14.9 Å². The lowest BCUT2D eigenvalue weighted by Crippen LogP contribution is -2.31. The van der Waals surface area contributed by atoms with Crippen molar-refractivity contribution in [3.8, 4) is 5.75 Å². The van der Waals surface area contributed by atoms with E-state index >= 15 is 0 Å². The summed E-state index contributed by atoms with van der Waals surface area (Å²) in [6, 6.07) is 13.7. The molecule has 5 nitrogen and oxygen atoms in total. The van der Waals surface area contributed by atoms with Crippen LogP contribution in [0, 0.1) is 5.82 Å². The van der Waals surface area contributed by atoms with Crippen LogP contribution < -0.4 is 10.1 Å². The van der Waals surface area contributed by atoms with Crippen LogP contribution in [-0.4, -0.2) is 28.6 Å². The molecule has 0 atom stereocenters. The highest BCUT2D eigenvalue weighted by atomic mass is 19.1. The molecule has 1 aromatic heterocycles. The number of carbonyl (C=O) groups is 1. The quantitative estimate of drug-likeness (QED) is 0.757. The zero-order valence-electron chi connectivity index (χ0n) is 13.3. The molecule has 0 spiro atoms. The van der Waals surface area contributed by atoms with E-state index in [0.29, 0.717) is 24.2 Å². The van der Waals surface area contributed by atoms with Crippen LogP contribution in [0.25, 0.3) is 11.0 Å². The molecule has 0 saturated carbocycles. The van der Waals surface area contributed by atoms with Gasteiger partial charge in [-0.05, 0) is 24.3 Å². The average Bonchev–Trinajstić information content (AvgIpc) is 2.89. The third-order valence-electron chi connectivity index (χ3n) is 3.72. The second-order valence-electron chi connectivity index (χ2n) is 5.42. The number of amides is 1. The number of imidazole rings is 1. The molecular weight excluding hydrogens is 309 g/mol. The summed E-state index contributed by atoms with van der Waals surface area (Å²) in [5.74, 6) is 0.951. The Hall–Kier alpha value is -2.89. The Labute approximate surface area is 139 Å². The number of fused-ring (bicyclic) bond motifs is 1. The molecule has 3 aromatic rings. The standard InChI is InChI=1S/C18H18FN3O2/c1-22-16-8-7-13(19)11-15(16)21-17(22)9-10-20-18(23)12-24-14-5-3-2-4-6-14/h2-8,11H,9-10,12H2,1H3,(H,20,23). The zero-order chi connectivity index (χ0) is 16.9. The molecule has 2 aromatic carbocycles. The van der Waals surface area contributed by atoms with Crippen molar-refractivity contribution in [2.24, 2.45) is 7.05 Å². The minimum absolute atomic E-state index is 0.0300. The van der Waals surface area contributed by atoms with Gasteiger partial charge in [0, 0.05) is 26.1 Å². The van der Waals surface area contributed by atoms with E-state index in [0.717, 1.165) is 11.3 Å². The number of carbonyl (C=O) groups excluding carboxylic acids is 1. The van der Waals surface area contributed by atoms with Gasteiger partial charge >= 0.3 is 0 Å². The summed E-state index contributed by atoms with van der Waals surface area (Å²) in [5.41, 5.74) is 1.48. The Morgan fingerprint density at radius 1 is 1.25 bits per heavy atom. The molecule has 0 aliphatic carbocycles. The van der Waals surface area contributed by atoms with Gasteiger partial charge in [-0.1, -0.05) is 18.2 Å². The van der Waals surface area contributed by atoms with Crippen LogP contribution >= 0.6 is 0 Å². The van der Waals surface area contributed by atoms with Crippen LogP contribution in [0.5, 0.6) is 5.75 Å². The molecule has 6 heteroatoms. The third-order valence-corrected chi connectivity index (χ3v) is 3.72. The number of halogens is 1. The molecule has 0 radical (unpaired) electrons. The van der Waals surface area contributed by atoms with E-state index in [9.17, 15) is 9.18 Å². The maximum Gasteiger partial charge on any atom is 0.257 e. The van der Waals surface area contributed by atoms with E-state index in [-0.39, 0.29) is 18.3 Å². The number of hydrogen-bond acceptors (Lipinski definition) is 3. The first-order chi connectivity index (χ1) is 11.6. The lowest BCUT2D eigenvalue weighted by Gasteiger charge is -2.07. The Morgan fingerprint density at radius 3 is 2.83 bits per heavy atom. The van der Waals surface area contributed by atoms with Gasteiger partial charge in [0.25, 0.3) is 5.91 Å². The fraction of sp³-hybridized carbons (Fsp3) is 0.222. The second-order valence-corrected chi connectivity index (χ2v) is 5.42. The number of aryl methyl sites for hydroxylation is 1. The Bertz CT molecular complexity index is 846. The van der Waals surface area contributed by atoms with Crippen LogP contribution in [0.15, 0.2) is 48.5 Å². The van der Waals surface area contributed by atoms with Gasteiger partial charge in [0.1, 0.15) is 17.4 Å². The molecular formula is C18H18FN3O2. The van der Waals surface area contributed by atoms with Gasteiger partial charge in [0.15, 0.2) is 6.61 Å². The van der Waals surface area contributed by atoms with Crippen LogP contribution in [0.1, 0.15) is 5.82 Å². The first-order valence-corrected chi connectivity index (χ1v) is 7.69. The van der Waals surface area contributed by atoms with Crippen LogP contribution in [0.2, 0.25) is 0 Å². The van der Waals surface area contributed by atoms with E-state index in [1.807, 2.05) is 29.8 Å². The maximum absolute atomic E-state index is 13.2. The normalized spacial score (nSPS) is 10.8. The van der Waals surface area contributed by atoms with Gasteiger partial charge in [-0.15, -0.1) is 0 Å². The maximum atomic E-state index is 13.2. The largest absolute Gasteiger partial charge is 0.484 e. The number of hydrogen-bond donors (Lipinski definition) is 1. The molecule has 0 saturated heterocycles. The molecule has 0 bridgehead atoms. The SMILES string of the molecule is Cn1c(CCNC(=O)COc2ccccc2)nc2cc(F)ccc21. The lowest BCUT2D eigenvalue weighted by molar-refractivity contribution is -0.123. The third kappa shape index (κ3) is 3.71. The monoisotopic (exact) mass is 327 g/mol. The number of rotatable bonds is 6. The molecule has 0 fully saturated rings. The van der Waals surface area contributed by atoms with Crippen molar-refractivity contribution in [1.29, 1.82) is 0 Å². The van der Waals surface area contributed by atoms with Gasteiger partial charge in [0.2, 0.25) is 0 Å². The van der Waals surface area contributed by atoms with Crippen molar-refractivity contribution in [3.05, 3.63) is 60.2 Å². The topological polar surface area (TPSA) is 56.2 Å². The fourth-order valence-corrected chi connectivity index (χ4v) is 2.48. The van der Waals surface area contributed by atoms with Crippen LogP contribution in [-0.2, 0) is 18.3 Å². The molecule has 0 aliphatic heterocycles. The second kappa shape index (κ2) is 7.12. The van der Waals surface area contributed by atoms with Crippen LogP contribution in [0.4, 0.5) is 4.39 Å². The summed E-state index contributed by atoms with van der Waals surface area (Å²) in [4.78, 5) is 16.2. The molecule has 0 aliphatic rings. The summed E-state index contributed by atoms with van der Waals surface area (Å²) in [6.07, 6.45) is 0.559. The number of nitrogens with zero attached hydrogens (tertiary/aromatic N) is 2. The number of benzene rings is 2. The minimum Gasteiger partial charge on any atom is -0.484 e. The fourth-order valence-electron chi connectivity index (χ4n) is 2.48. The van der Waals surface area contributed by atoms with Crippen molar-refractivity contribution < 1.29 is 13.9 Å². The van der Waals surface area contributed by atoms with Gasteiger partial charge in [-0.25, -0.2) is 9.37 Å². The van der Waals surface area contributed by atoms with E-state index in [1.165, 1.54) is 12.1 Å². The Kier molecular flexibility index (Phi) is 4.74. The summed E-state index contributed by atoms with van der Waals surface area (Å²) >= 11 is 0. The zero-order valence-corrected chi connectivity index (χ0v) is 13.3. The van der Waals surface area contributed by atoms with E-state index in [4.69, 9.17) is 4.74 Å². The van der Waals surface area contributed by atoms with Gasteiger partial charge in [-0.2, -0.15) is 0 Å². The highest BCUT2D eigenvalue weighted by Gasteiger charge is 2.09. The van der Waals surface area contributed by atoms with Crippen molar-refractivity contribution in [3.63, 3.8) is 0 Å². The van der Waals surface area contributed by atoms with Crippen LogP contribution in [0.3, 0.4) is 0 Å². The van der Waals surface area contributed by atoms with Gasteiger partial charge in [-0.3, -0.25) is 4.79 Å². The van der Waals surface area contributed by atoms with Crippen molar-refractivity contribution >= 4 is 16.9 Å². The molecule has 3 rings (SSSR count). The first kappa shape index (κ1) is 16.0. The van der Waals surface area contributed by atoms with Gasteiger partial charge < -0.3 is 14.6 Å². The summed E-state index contributed by atoms with van der Waals surface area (Å²) in [6.45, 7) is 0.411. The number of aromatic nitrogens is 2.